The molecule has 1 aromatic rings. The van der Waals surface area contributed by atoms with Crippen molar-refractivity contribution in [3.05, 3.63) is 18.2 Å². The van der Waals surface area contributed by atoms with Crippen molar-refractivity contribution in [3.8, 4) is 0 Å². The molecule has 2 rings (SSSR count). The van der Waals surface area contributed by atoms with Crippen LogP contribution in [0.4, 0.5) is 0 Å². The van der Waals surface area contributed by atoms with E-state index in [1.54, 1.807) is 6.20 Å². The number of Topliss-reactive ketones (excluding diaryl/α,β-unsaturated/α-hetero) is 1. The van der Waals surface area contributed by atoms with Crippen LogP contribution in [-0.2, 0) is 17.8 Å². The maximum absolute atomic E-state index is 12.6. The average Bonchev–Trinajstić information content (AvgIpc) is 2.87. The molecule has 5 nitrogen and oxygen atoms in total. The quantitative estimate of drug-likeness (QED) is 0.850. The van der Waals surface area contributed by atoms with Gasteiger partial charge < -0.3 is 9.88 Å². The van der Waals surface area contributed by atoms with E-state index in [4.69, 9.17) is 0 Å². The Kier molecular flexibility index (Phi) is 4.37. The Morgan fingerprint density at radius 2 is 2.11 bits per heavy atom. The van der Waals surface area contributed by atoms with Crippen molar-refractivity contribution in [2.75, 3.05) is 26.2 Å². The van der Waals surface area contributed by atoms with Crippen molar-refractivity contribution in [2.45, 2.75) is 39.3 Å². The summed E-state index contributed by atoms with van der Waals surface area (Å²) in [6, 6.07) is 0. The third-order valence-electron chi connectivity index (χ3n) is 4.05. The molecule has 0 spiro atoms. The third kappa shape index (κ3) is 3.04. The van der Waals surface area contributed by atoms with Gasteiger partial charge in [0.1, 0.15) is 5.82 Å². The highest BCUT2D eigenvalue weighted by atomic mass is 16.1. The molecule has 0 amide bonds. The molecule has 0 atom stereocenters. The molecular weight excluding hydrogens is 240 g/mol. The van der Waals surface area contributed by atoms with Crippen LogP contribution in [0.1, 0.15) is 26.6 Å². The van der Waals surface area contributed by atoms with Crippen LogP contribution in [0.25, 0.3) is 0 Å². The molecule has 19 heavy (non-hydrogen) atoms. The summed E-state index contributed by atoms with van der Waals surface area (Å²) in [5.74, 6) is 1.12. The molecule has 1 N–H and O–H groups in total. The molecule has 1 aliphatic heterocycles. The second-order valence-electron chi connectivity index (χ2n) is 5.53. The van der Waals surface area contributed by atoms with Crippen molar-refractivity contribution in [2.24, 2.45) is 0 Å². The molecule has 0 saturated carbocycles. The van der Waals surface area contributed by atoms with E-state index >= 15 is 0 Å². The predicted octanol–water partition coefficient (Wildman–Crippen LogP) is 0.698. The molecule has 0 unspecified atom stereocenters. The molecular formula is C14H24N4O. The summed E-state index contributed by atoms with van der Waals surface area (Å²) in [7, 11) is 0. The first-order chi connectivity index (χ1) is 9.05. The van der Waals surface area contributed by atoms with Crippen LogP contribution in [-0.4, -0.2) is 52.0 Å². The number of hydrogen-bond donors (Lipinski definition) is 1. The number of nitrogens with zero attached hydrogens (tertiary/aromatic N) is 3. The SMILES string of the molecule is CCn1ccnc1CC(=O)C(C)(C)N1CCNCC1. The summed E-state index contributed by atoms with van der Waals surface area (Å²) < 4.78 is 2.03. The Bertz CT molecular complexity index is 432. The van der Waals surface area contributed by atoms with Crippen LogP contribution in [0.15, 0.2) is 12.4 Å². The number of aryl methyl sites for hydroxylation is 1. The fraction of sp³-hybridized carbons (Fsp3) is 0.714. The van der Waals surface area contributed by atoms with Crippen LogP contribution in [0, 0.1) is 0 Å². The Hall–Kier alpha value is -1.20. The van der Waals surface area contributed by atoms with Gasteiger partial charge in [0.25, 0.3) is 0 Å². The lowest BCUT2D eigenvalue weighted by Gasteiger charge is -2.40. The fourth-order valence-corrected chi connectivity index (χ4v) is 2.56. The topological polar surface area (TPSA) is 50.2 Å². The van der Waals surface area contributed by atoms with Crippen LogP contribution < -0.4 is 5.32 Å². The maximum atomic E-state index is 12.6. The largest absolute Gasteiger partial charge is 0.335 e. The van der Waals surface area contributed by atoms with Crippen LogP contribution >= 0.6 is 0 Å². The number of piperazine rings is 1. The number of hydrogen-bond acceptors (Lipinski definition) is 4. The number of imidazole rings is 1. The first kappa shape index (κ1) is 14.2. The molecule has 106 valence electrons. The minimum atomic E-state index is -0.410. The van der Waals surface area contributed by atoms with Crippen LogP contribution in [0.5, 0.6) is 0 Å². The minimum absolute atomic E-state index is 0.246. The highest BCUT2D eigenvalue weighted by molar-refractivity contribution is 5.88. The minimum Gasteiger partial charge on any atom is -0.335 e. The summed E-state index contributed by atoms with van der Waals surface area (Å²) >= 11 is 0. The van der Waals surface area contributed by atoms with Crippen molar-refractivity contribution < 1.29 is 4.79 Å². The zero-order valence-electron chi connectivity index (χ0n) is 12.1. The molecule has 0 radical (unpaired) electrons. The van der Waals surface area contributed by atoms with Crippen molar-refractivity contribution in [3.63, 3.8) is 0 Å². The average molecular weight is 264 g/mol. The summed E-state index contributed by atoms with van der Waals surface area (Å²) in [6.45, 7) is 10.8. The number of nitrogens with one attached hydrogen (secondary N) is 1. The summed E-state index contributed by atoms with van der Waals surface area (Å²) in [5, 5.41) is 3.32. The second kappa shape index (κ2) is 5.84. The molecule has 1 fully saturated rings. The zero-order valence-corrected chi connectivity index (χ0v) is 12.1. The highest BCUT2D eigenvalue weighted by Crippen LogP contribution is 2.18. The first-order valence-electron chi connectivity index (χ1n) is 7.04. The van der Waals surface area contributed by atoms with Gasteiger partial charge in [-0.3, -0.25) is 9.69 Å². The summed E-state index contributed by atoms with van der Waals surface area (Å²) in [6.07, 6.45) is 4.11. The van der Waals surface area contributed by atoms with Crippen LogP contribution in [0.3, 0.4) is 0 Å². The standard InChI is InChI=1S/C14H24N4O/c1-4-17-8-7-16-13(17)11-12(19)14(2,3)18-9-5-15-6-10-18/h7-8,15H,4-6,9-11H2,1-3H3. The van der Waals surface area contributed by atoms with Gasteiger partial charge in [0.15, 0.2) is 5.78 Å². The molecule has 1 aromatic heterocycles. The molecule has 0 aliphatic carbocycles. The first-order valence-corrected chi connectivity index (χ1v) is 7.04. The van der Waals surface area contributed by atoms with Gasteiger partial charge in [-0.25, -0.2) is 4.98 Å². The highest BCUT2D eigenvalue weighted by Gasteiger charge is 2.35. The number of aromatic nitrogens is 2. The molecule has 2 heterocycles. The van der Waals surface area contributed by atoms with E-state index in [2.05, 4.69) is 22.1 Å². The third-order valence-corrected chi connectivity index (χ3v) is 4.05. The van der Waals surface area contributed by atoms with Gasteiger partial charge in [0.2, 0.25) is 0 Å². The number of carbonyl (C=O) groups is 1. The van der Waals surface area contributed by atoms with E-state index in [9.17, 15) is 4.79 Å². The normalized spacial score (nSPS) is 17.6. The van der Waals surface area contributed by atoms with E-state index in [0.29, 0.717) is 6.42 Å². The van der Waals surface area contributed by atoms with E-state index in [-0.39, 0.29) is 5.78 Å². The molecule has 0 aromatic carbocycles. The second-order valence-corrected chi connectivity index (χ2v) is 5.53. The fourth-order valence-electron chi connectivity index (χ4n) is 2.56. The van der Waals surface area contributed by atoms with Gasteiger partial charge in [0, 0.05) is 45.1 Å². The van der Waals surface area contributed by atoms with Gasteiger partial charge in [-0.1, -0.05) is 0 Å². The number of ketones is 1. The van der Waals surface area contributed by atoms with Crippen molar-refractivity contribution in [1.82, 2.24) is 19.8 Å². The van der Waals surface area contributed by atoms with Gasteiger partial charge >= 0.3 is 0 Å². The van der Waals surface area contributed by atoms with Crippen molar-refractivity contribution in [1.29, 1.82) is 0 Å². The Labute approximate surface area is 115 Å². The Morgan fingerprint density at radius 1 is 1.42 bits per heavy atom. The maximum Gasteiger partial charge on any atom is 0.160 e. The van der Waals surface area contributed by atoms with E-state index in [1.165, 1.54) is 0 Å². The summed E-state index contributed by atoms with van der Waals surface area (Å²) in [5.41, 5.74) is -0.410. The van der Waals surface area contributed by atoms with Crippen molar-refractivity contribution >= 4 is 5.78 Å². The Balaban J connectivity index is 2.05. The van der Waals surface area contributed by atoms with Gasteiger partial charge in [-0.05, 0) is 20.8 Å². The molecule has 1 aliphatic rings. The van der Waals surface area contributed by atoms with E-state index in [0.717, 1.165) is 38.5 Å². The lowest BCUT2D eigenvalue weighted by Crippen LogP contribution is -2.57. The lowest BCUT2D eigenvalue weighted by atomic mass is 9.93. The lowest BCUT2D eigenvalue weighted by molar-refractivity contribution is -0.129. The van der Waals surface area contributed by atoms with Gasteiger partial charge in [-0.15, -0.1) is 0 Å². The molecule has 0 bridgehead atoms. The monoisotopic (exact) mass is 264 g/mol. The van der Waals surface area contributed by atoms with E-state index < -0.39 is 5.54 Å². The van der Waals surface area contributed by atoms with Gasteiger partial charge in [-0.2, -0.15) is 0 Å². The molecule has 1 saturated heterocycles. The zero-order chi connectivity index (χ0) is 13.9. The molecule has 5 heteroatoms. The van der Waals surface area contributed by atoms with Crippen LogP contribution in [0.2, 0.25) is 0 Å². The predicted molar refractivity (Wildman–Crippen MR) is 75.1 cm³/mol. The van der Waals surface area contributed by atoms with E-state index in [1.807, 2.05) is 24.6 Å². The smallest absolute Gasteiger partial charge is 0.160 e. The summed E-state index contributed by atoms with van der Waals surface area (Å²) in [4.78, 5) is 19.1. The Morgan fingerprint density at radius 3 is 2.74 bits per heavy atom. The number of carbonyl (C=O) groups excluding carboxylic acids is 1. The van der Waals surface area contributed by atoms with Gasteiger partial charge in [0.05, 0.1) is 12.0 Å². The number of rotatable bonds is 5.